The van der Waals surface area contributed by atoms with Crippen LogP contribution in [0, 0.1) is 13.8 Å². The molecule has 0 spiro atoms. The van der Waals surface area contributed by atoms with E-state index < -0.39 is 11.7 Å². The lowest BCUT2D eigenvalue weighted by molar-refractivity contribution is -0.137. The van der Waals surface area contributed by atoms with Crippen molar-refractivity contribution in [3.8, 4) is 5.75 Å². The van der Waals surface area contributed by atoms with Crippen LogP contribution in [0.1, 0.15) is 91.0 Å². The van der Waals surface area contributed by atoms with Crippen molar-refractivity contribution in [2.45, 2.75) is 84.5 Å². The second-order valence-corrected chi connectivity index (χ2v) is 11.6. The molecule has 0 radical (unpaired) electrons. The summed E-state index contributed by atoms with van der Waals surface area (Å²) in [6, 6.07) is 9.69. The molecule has 2 heterocycles. The van der Waals surface area contributed by atoms with Gasteiger partial charge < -0.3 is 14.5 Å². The van der Waals surface area contributed by atoms with E-state index in [9.17, 15) is 18.0 Å². The number of piperazine rings is 1. The molecule has 8 heteroatoms. The molecule has 0 aliphatic carbocycles. The number of ether oxygens (including phenoxy) is 1. The smallest absolute Gasteiger partial charge is 0.416 e. The first-order valence-electron chi connectivity index (χ1n) is 15.3. The standard InChI is InChI=1S/C33H46F3N3O2/c1-5-29-10-6-7-17-38(29)18-8-9-23-41-31-16-15-30(24(2)25(31)3)26(4)37-19-21-39(22-20-37)32(40)27-11-13-28(14-12-27)33(34,35)36/h11-16,26,29H,5-10,17-23H2,1-4H3. The van der Waals surface area contributed by atoms with Gasteiger partial charge in [0.15, 0.2) is 0 Å². The van der Waals surface area contributed by atoms with Crippen LogP contribution in [-0.2, 0) is 6.18 Å². The summed E-state index contributed by atoms with van der Waals surface area (Å²) in [5.41, 5.74) is 3.21. The van der Waals surface area contributed by atoms with E-state index in [-0.39, 0.29) is 11.9 Å². The molecule has 41 heavy (non-hydrogen) atoms. The Hall–Kier alpha value is -2.58. The van der Waals surface area contributed by atoms with Crippen LogP contribution in [0.2, 0.25) is 0 Å². The van der Waals surface area contributed by atoms with Crippen molar-refractivity contribution in [3.05, 3.63) is 64.2 Å². The van der Waals surface area contributed by atoms with Gasteiger partial charge >= 0.3 is 6.18 Å². The van der Waals surface area contributed by atoms with Crippen LogP contribution in [0.3, 0.4) is 0 Å². The highest BCUT2D eigenvalue weighted by Crippen LogP contribution is 2.32. The first-order valence-corrected chi connectivity index (χ1v) is 15.3. The van der Waals surface area contributed by atoms with E-state index in [4.69, 9.17) is 4.74 Å². The number of hydrogen-bond donors (Lipinski definition) is 0. The number of rotatable bonds is 10. The molecule has 0 aromatic heterocycles. The van der Waals surface area contributed by atoms with E-state index in [0.29, 0.717) is 31.7 Å². The lowest BCUT2D eigenvalue weighted by Gasteiger charge is -2.39. The third kappa shape index (κ3) is 7.83. The van der Waals surface area contributed by atoms with Crippen molar-refractivity contribution in [1.82, 2.24) is 14.7 Å². The average molecular weight is 574 g/mol. The number of piperidine rings is 1. The first kappa shape index (κ1) is 31.4. The SMILES string of the molecule is CCC1CCCCN1CCCCOc1ccc(C(C)N2CCN(C(=O)c3ccc(C(F)(F)F)cc3)CC2)c(C)c1C. The van der Waals surface area contributed by atoms with Crippen LogP contribution in [0.5, 0.6) is 5.75 Å². The van der Waals surface area contributed by atoms with Crippen LogP contribution < -0.4 is 4.74 Å². The van der Waals surface area contributed by atoms with Crippen molar-refractivity contribution < 1.29 is 22.7 Å². The molecule has 1 amide bonds. The molecule has 2 atom stereocenters. The number of nitrogens with zero attached hydrogens (tertiary/aromatic N) is 3. The largest absolute Gasteiger partial charge is 0.493 e. The Morgan fingerprint density at radius 1 is 0.951 bits per heavy atom. The van der Waals surface area contributed by atoms with E-state index in [1.807, 2.05) is 0 Å². The fourth-order valence-corrected chi connectivity index (χ4v) is 6.33. The molecule has 5 nitrogen and oxygen atoms in total. The Morgan fingerprint density at radius 2 is 1.66 bits per heavy atom. The minimum atomic E-state index is -4.41. The number of unbranched alkanes of at least 4 members (excludes halogenated alkanes) is 1. The molecule has 2 unspecified atom stereocenters. The minimum absolute atomic E-state index is 0.183. The number of benzene rings is 2. The highest BCUT2D eigenvalue weighted by atomic mass is 19.4. The number of hydrogen-bond acceptors (Lipinski definition) is 4. The summed E-state index contributed by atoms with van der Waals surface area (Å²) in [6.07, 6.45) is 3.09. The highest BCUT2D eigenvalue weighted by molar-refractivity contribution is 5.94. The molecular formula is C33H46F3N3O2. The van der Waals surface area contributed by atoms with Crippen molar-refractivity contribution in [1.29, 1.82) is 0 Å². The van der Waals surface area contributed by atoms with E-state index in [2.05, 4.69) is 49.6 Å². The second kappa shape index (κ2) is 14.1. The number of halogens is 3. The number of carbonyl (C=O) groups is 1. The lowest BCUT2D eigenvalue weighted by Crippen LogP contribution is -2.49. The van der Waals surface area contributed by atoms with Crippen LogP contribution in [0.4, 0.5) is 13.2 Å². The number of likely N-dealkylation sites (tertiary alicyclic amines) is 1. The lowest BCUT2D eigenvalue weighted by atomic mass is 9.96. The van der Waals surface area contributed by atoms with E-state index >= 15 is 0 Å². The van der Waals surface area contributed by atoms with Crippen LogP contribution in [0.15, 0.2) is 36.4 Å². The molecule has 0 bridgehead atoms. The van der Waals surface area contributed by atoms with Crippen LogP contribution >= 0.6 is 0 Å². The zero-order valence-electron chi connectivity index (χ0n) is 25.1. The summed E-state index contributed by atoms with van der Waals surface area (Å²) in [6.45, 7) is 14.4. The number of alkyl halides is 3. The molecule has 2 fully saturated rings. The van der Waals surface area contributed by atoms with Gasteiger partial charge in [0.2, 0.25) is 0 Å². The molecule has 226 valence electrons. The van der Waals surface area contributed by atoms with Crippen molar-refractivity contribution >= 4 is 5.91 Å². The molecule has 2 saturated heterocycles. The third-order valence-corrected chi connectivity index (χ3v) is 9.16. The van der Waals surface area contributed by atoms with E-state index in [1.54, 1.807) is 4.90 Å². The fourth-order valence-electron chi connectivity index (χ4n) is 6.33. The van der Waals surface area contributed by atoms with E-state index in [0.717, 1.165) is 43.4 Å². The summed E-state index contributed by atoms with van der Waals surface area (Å²) in [4.78, 5) is 19.7. The number of carbonyl (C=O) groups excluding carboxylic acids is 1. The van der Waals surface area contributed by atoms with Gasteiger partial charge in [-0.25, -0.2) is 0 Å². The average Bonchev–Trinajstić information content (AvgIpc) is 2.98. The van der Waals surface area contributed by atoms with Gasteiger partial charge in [0.05, 0.1) is 12.2 Å². The van der Waals surface area contributed by atoms with Crippen LogP contribution in [-0.4, -0.2) is 72.5 Å². The monoisotopic (exact) mass is 573 g/mol. The highest BCUT2D eigenvalue weighted by Gasteiger charge is 2.31. The zero-order valence-corrected chi connectivity index (χ0v) is 25.1. The first-order chi connectivity index (χ1) is 19.6. The molecule has 2 aromatic carbocycles. The predicted octanol–water partition coefficient (Wildman–Crippen LogP) is 7.26. The predicted molar refractivity (Wildman–Crippen MR) is 157 cm³/mol. The Morgan fingerprint density at radius 3 is 2.32 bits per heavy atom. The maximum atomic E-state index is 12.9. The maximum absolute atomic E-state index is 12.9. The Bertz CT molecular complexity index is 1140. The van der Waals surface area contributed by atoms with Crippen molar-refractivity contribution in [2.75, 3.05) is 45.9 Å². The summed E-state index contributed by atoms with van der Waals surface area (Å²) in [5, 5.41) is 0. The minimum Gasteiger partial charge on any atom is -0.493 e. The topological polar surface area (TPSA) is 36.0 Å². The quantitative estimate of drug-likeness (QED) is 0.280. The van der Waals surface area contributed by atoms with Gasteiger partial charge in [0, 0.05) is 43.8 Å². The van der Waals surface area contributed by atoms with Crippen molar-refractivity contribution in [3.63, 3.8) is 0 Å². The molecule has 4 rings (SSSR count). The van der Waals surface area contributed by atoms with Gasteiger partial charge in [0.25, 0.3) is 5.91 Å². The summed E-state index contributed by atoms with van der Waals surface area (Å²) < 4.78 is 44.8. The maximum Gasteiger partial charge on any atom is 0.416 e. The molecule has 2 aromatic rings. The normalized spacial score (nSPS) is 19.8. The molecule has 0 saturated carbocycles. The van der Waals surface area contributed by atoms with Crippen LogP contribution in [0.25, 0.3) is 0 Å². The summed E-state index contributed by atoms with van der Waals surface area (Å²) in [7, 11) is 0. The van der Waals surface area contributed by atoms with Gasteiger partial charge in [-0.2, -0.15) is 13.2 Å². The van der Waals surface area contributed by atoms with Crippen molar-refractivity contribution in [2.24, 2.45) is 0 Å². The zero-order chi connectivity index (χ0) is 29.6. The molecule has 2 aliphatic heterocycles. The van der Waals surface area contributed by atoms with Gasteiger partial charge in [0.1, 0.15) is 5.75 Å². The Labute approximate surface area is 243 Å². The van der Waals surface area contributed by atoms with Gasteiger partial charge in [-0.3, -0.25) is 9.69 Å². The van der Waals surface area contributed by atoms with Gasteiger partial charge in [-0.05, 0) is 113 Å². The third-order valence-electron chi connectivity index (χ3n) is 9.16. The summed E-state index contributed by atoms with van der Waals surface area (Å²) in [5.74, 6) is 0.732. The second-order valence-electron chi connectivity index (χ2n) is 11.6. The summed E-state index contributed by atoms with van der Waals surface area (Å²) >= 11 is 0. The molecule has 0 N–H and O–H groups in total. The van der Waals surface area contributed by atoms with E-state index in [1.165, 1.54) is 67.6 Å². The molecule has 2 aliphatic rings. The molecular weight excluding hydrogens is 527 g/mol. The Balaban J connectivity index is 1.25. The van der Waals surface area contributed by atoms with Gasteiger partial charge in [-0.1, -0.05) is 19.4 Å². The Kier molecular flexibility index (Phi) is 10.8. The fraction of sp³-hybridized carbons (Fsp3) is 0.606. The van der Waals surface area contributed by atoms with Gasteiger partial charge in [-0.15, -0.1) is 0 Å². The number of amides is 1.